The fraction of sp³-hybridized carbons (Fsp3) is 0.360. The minimum atomic E-state index is -0.869. The van der Waals surface area contributed by atoms with Crippen molar-refractivity contribution in [1.82, 2.24) is 10.6 Å². The SMILES string of the molecule is CCOc1ccc(C(=O)c2ccccc2C(=O)OCC(=O)NC(=O)NC(C)(C)C)cc1OCC. The smallest absolute Gasteiger partial charge is 0.339 e. The molecule has 2 aromatic carbocycles. The van der Waals surface area contributed by atoms with E-state index in [2.05, 4.69) is 10.6 Å². The third kappa shape index (κ3) is 7.61. The Kier molecular flexibility index (Phi) is 9.18. The van der Waals surface area contributed by atoms with Crippen LogP contribution in [0, 0.1) is 0 Å². The van der Waals surface area contributed by atoms with E-state index in [4.69, 9.17) is 14.2 Å². The minimum Gasteiger partial charge on any atom is -0.490 e. The third-order valence-electron chi connectivity index (χ3n) is 4.27. The lowest BCUT2D eigenvalue weighted by atomic mass is 9.98. The number of ether oxygens (including phenoxy) is 3. The molecule has 0 fully saturated rings. The molecule has 3 amide bonds. The van der Waals surface area contributed by atoms with E-state index in [1.807, 2.05) is 13.8 Å². The summed E-state index contributed by atoms with van der Waals surface area (Å²) in [7, 11) is 0. The standard InChI is InChI=1S/C25H30N2O7/c1-6-32-19-13-12-16(14-20(19)33-7-2)22(29)17-10-8-9-11-18(17)23(30)34-15-21(28)26-24(31)27-25(3,4)5/h8-14H,6-7,15H2,1-5H3,(H2,26,27,28,31). The fourth-order valence-corrected chi connectivity index (χ4v) is 2.95. The molecule has 0 aliphatic carbocycles. The summed E-state index contributed by atoms with van der Waals surface area (Å²) in [5, 5.41) is 4.64. The summed E-state index contributed by atoms with van der Waals surface area (Å²) in [5.74, 6) is -1.17. The van der Waals surface area contributed by atoms with Crippen LogP contribution in [0.25, 0.3) is 0 Å². The van der Waals surface area contributed by atoms with Crippen molar-refractivity contribution in [2.45, 2.75) is 40.2 Å². The number of carbonyl (C=O) groups is 4. The molecule has 0 aliphatic heterocycles. The van der Waals surface area contributed by atoms with Gasteiger partial charge in [-0.15, -0.1) is 0 Å². The van der Waals surface area contributed by atoms with Gasteiger partial charge in [0.25, 0.3) is 5.91 Å². The van der Waals surface area contributed by atoms with Crippen LogP contribution in [0.3, 0.4) is 0 Å². The van der Waals surface area contributed by atoms with Gasteiger partial charge in [0.15, 0.2) is 23.9 Å². The highest BCUT2D eigenvalue weighted by atomic mass is 16.5. The summed E-state index contributed by atoms with van der Waals surface area (Å²) in [6, 6.07) is 10.2. The molecule has 9 heteroatoms. The number of hydrogen-bond donors (Lipinski definition) is 2. The van der Waals surface area contributed by atoms with Gasteiger partial charge in [0.05, 0.1) is 18.8 Å². The summed E-state index contributed by atoms with van der Waals surface area (Å²) in [6.45, 7) is 9.07. The highest BCUT2D eigenvalue weighted by molar-refractivity contribution is 6.14. The Bertz CT molecular complexity index is 1060. The van der Waals surface area contributed by atoms with Crippen LogP contribution in [-0.2, 0) is 9.53 Å². The molecule has 182 valence electrons. The Balaban J connectivity index is 2.15. The molecule has 0 heterocycles. The molecule has 0 aliphatic rings. The Morgan fingerprint density at radius 2 is 1.47 bits per heavy atom. The molecule has 0 unspecified atom stereocenters. The zero-order valence-corrected chi connectivity index (χ0v) is 20.0. The molecule has 0 saturated carbocycles. The number of carbonyl (C=O) groups excluding carboxylic acids is 4. The number of imide groups is 1. The molecule has 0 radical (unpaired) electrons. The molecule has 0 bridgehead atoms. The quantitative estimate of drug-likeness (QED) is 0.425. The molecule has 0 saturated heterocycles. The van der Waals surface area contributed by atoms with Crippen molar-refractivity contribution in [3.8, 4) is 11.5 Å². The van der Waals surface area contributed by atoms with Crippen molar-refractivity contribution in [3.05, 3.63) is 59.2 Å². The second kappa shape index (κ2) is 11.8. The van der Waals surface area contributed by atoms with Gasteiger partial charge in [-0.25, -0.2) is 9.59 Å². The zero-order chi connectivity index (χ0) is 25.3. The van der Waals surface area contributed by atoms with Gasteiger partial charge in [0, 0.05) is 16.7 Å². The predicted molar refractivity (Wildman–Crippen MR) is 125 cm³/mol. The number of hydrogen-bond acceptors (Lipinski definition) is 7. The van der Waals surface area contributed by atoms with Crippen LogP contribution in [0.5, 0.6) is 11.5 Å². The van der Waals surface area contributed by atoms with E-state index in [0.717, 1.165) is 0 Å². The summed E-state index contributed by atoms with van der Waals surface area (Å²) in [4.78, 5) is 49.5. The lowest BCUT2D eigenvalue weighted by Gasteiger charge is -2.20. The Labute approximate surface area is 198 Å². The third-order valence-corrected chi connectivity index (χ3v) is 4.27. The molecule has 0 spiro atoms. The first-order valence-corrected chi connectivity index (χ1v) is 10.9. The first kappa shape index (κ1) is 26.4. The van der Waals surface area contributed by atoms with Crippen molar-refractivity contribution >= 4 is 23.7 Å². The van der Waals surface area contributed by atoms with E-state index < -0.39 is 35.8 Å². The highest BCUT2D eigenvalue weighted by Gasteiger charge is 2.22. The minimum absolute atomic E-state index is 0.00807. The van der Waals surface area contributed by atoms with Gasteiger partial charge in [-0.3, -0.25) is 14.9 Å². The van der Waals surface area contributed by atoms with E-state index in [1.54, 1.807) is 51.1 Å². The molecular formula is C25H30N2O7. The van der Waals surface area contributed by atoms with Crippen LogP contribution >= 0.6 is 0 Å². The number of benzene rings is 2. The molecular weight excluding hydrogens is 440 g/mol. The molecule has 0 atom stereocenters. The van der Waals surface area contributed by atoms with Crippen molar-refractivity contribution < 1.29 is 33.4 Å². The summed E-state index contributed by atoms with van der Waals surface area (Å²) in [6.07, 6.45) is 0. The molecule has 2 N–H and O–H groups in total. The molecule has 0 aromatic heterocycles. The average molecular weight is 471 g/mol. The predicted octanol–water partition coefficient (Wildman–Crippen LogP) is 3.50. The largest absolute Gasteiger partial charge is 0.490 e. The maximum absolute atomic E-state index is 13.2. The maximum Gasteiger partial charge on any atom is 0.339 e. The van der Waals surface area contributed by atoms with Gasteiger partial charge in [-0.05, 0) is 58.9 Å². The number of rotatable bonds is 9. The first-order valence-electron chi connectivity index (χ1n) is 10.9. The van der Waals surface area contributed by atoms with E-state index in [-0.39, 0.29) is 11.1 Å². The second-order valence-corrected chi connectivity index (χ2v) is 8.23. The Morgan fingerprint density at radius 1 is 0.853 bits per heavy atom. The van der Waals surface area contributed by atoms with Gasteiger partial charge in [0.1, 0.15) is 0 Å². The van der Waals surface area contributed by atoms with Crippen molar-refractivity contribution in [3.63, 3.8) is 0 Å². The van der Waals surface area contributed by atoms with Crippen molar-refractivity contribution in [2.24, 2.45) is 0 Å². The number of esters is 1. The van der Waals surface area contributed by atoms with Gasteiger partial charge < -0.3 is 19.5 Å². The monoisotopic (exact) mass is 470 g/mol. The number of urea groups is 1. The molecule has 9 nitrogen and oxygen atoms in total. The van der Waals surface area contributed by atoms with E-state index >= 15 is 0 Å². The number of nitrogens with one attached hydrogen (secondary N) is 2. The Hall–Kier alpha value is -3.88. The van der Waals surface area contributed by atoms with Gasteiger partial charge in [-0.1, -0.05) is 18.2 Å². The second-order valence-electron chi connectivity index (χ2n) is 8.23. The zero-order valence-electron chi connectivity index (χ0n) is 20.0. The van der Waals surface area contributed by atoms with Crippen LogP contribution < -0.4 is 20.1 Å². The first-order chi connectivity index (χ1) is 16.1. The van der Waals surface area contributed by atoms with E-state index in [0.29, 0.717) is 30.3 Å². The highest BCUT2D eigenvalue weighted by Crippen LogP contribution is 2.30. The lowest BCUT2D eigenvalue weighted by molar-refractivity contribution is -0.123. The van der Waals surface area contributed by atoms with Crippen LogP contribution in [0.1, 0.15) is 60.9 Å². The van der Waals surface area contributed by atoms with Crippen molar-refractivity contribution in [2.75, 3.05) is 19.8 Å². The summed E-state index contributed by atoms with van der Waals surface area (Å²) >= 11 is 0. The van der Waals surface area contributed by atoms with Gasteiger partial charge in [-0.2, -0.15) is 0 Å². The summed E-state index contributed by atoms with van der Waals surface area (Å²) < 4.78 is 16.1. The number of amides is 3. The topological polar surface area (TPSA) is 120 Å². The van der Waals surface area contributed by atoms with Crippen LogP contribution in [0.2, 0.25) is 0 Å². The molecule has 34 heavy (non-hydrogen) atoms. The molecule has 2 aromatic rings. The number of ketones is 1. The van der Waals surface area contributed by atoms with Crippen LogP contribution in [0.4, 0.5) is 4.79 Å². The maximum atomic E-state index is 13.2. The lowest BCUT2D eigenvalue weighted by Crippen LogP contribution is -2.49. The Morgan fingerprint density at radius 3 is 2.09 bits per heavy atom. The fourth-order valence-electron chi connectivity index (χ4n) is 2.95. The van der Waals surface area contributed by atoms with Crippen LogP contribution in [-0.4, -0.2) is 49.1 Å². The van der Waals surface area contributed by atoms with Crippen molar-refractivity contribution in [1.29, 1.82) is 0 Å². The van der Waals surface area contributed by atoms with E-state index in [9.17, 15) is 19.2 Å². The normalized spacial score (nSPS) is 10.7. The average Bonchev–Trinajstić information content (AvgIpc) is 2.77. The van der Waals surface area contributed by atoms with Gasteiger partial charge >= 0.3 is 12.0 Å². The summed E-state index contributed by atoms with van der Waals surface area (Å²) in [5.41, 5.74) is -0.150. The van der Waals surface area contributed by atoms with Crippen LogP contribution in [0.15, 0.2) is 42.5 Å². The van der Waals surface area contributed by atoms with E-state index in [1.165, 1.54) is 12.1 Å². The van der Waals surface area contributed by atoms with Gasteiger partial charge in [0.2, 0.25) is 0 Å². The molecule has 2 rings (SSSR count).